The maximum absolute atomic E-state index is 12.3. The predicted molar refractivity (Wildman–Crippen MR) is 94.9 cm³/mol. The van der Waals surface area contributed by atoms with Gasteiger partial charge in [0, 0.05) is 14.1 Å². The number of esters is 1. The van der Waals surface area contributed by atoms with Crippen molar-refractivity contribution in [1.82, 2.24) is 4.31 Å². The van der Waals surface area contributed by atoms with Crippen LogP contribution < -0.4 is 9.47 Å². The summed E-state index contributed by atoms with van der Waals surface area (Å²) >= 11 is 6.02. The number of hydrogen-bond acceptors (Lipinski definition) is 5. The second kappa shape index (κ2) is 7.86. The zero-order chi connectivity index (χ0) is 18.6. The van der Waals surface area contributed by atoms with Gasteiger partial charge in [-0.3, -0.25) is 0 Å². The van der Waals surface area contributed by atoms with Crippen LogP contribution in [0.3, 0.4) is 0 Å². The average molecular weight is 384 g/mol. The fourth-order valence-corrected chi connectivity index (χ4v) is 3.09. The molecule has 2 aromatic rings. The van der Waals surface area contributed by atoms with E-state index in [1.54, 1.807) is 24.3 Å². The van der Waals surface area contributed by atoms with Crippen LogP contribution in [0.15, 0.2) is 47.4 Å². The van der Waals surface area contributed by atoms with E-state index in [1.807, 2.05) is 6.92 Å². The van der Waals surface area contributed by atoms with Gasteiger partial charge in [-0.2, -0.15) is 0 Å². The molecule has 0 atom stereocenters. The van der Waals surface area contributed by atoms with Gasteiger partial charge in [0.1, 0.15) is 11.5 Å². The molecule has 0 fully saturated rings. The van der Waals surface area contributed by atoms with Crippen molar-refractivity contribution in [2.24, 2.45) is 0 Å². The van der Waals surface area contributed by atoms with Gasteiger partial charge in [0.05, 0.1) is 22.1 Å². The number of carbonyl (C=O) groups is 1. The molecule has 2 aromatic carbocycles. The van der Waals surface area contributed by atoms with Crippen LogP contribution in [0.25, 0.3) is 0 Å². The zero-order valence-corrected chi connectivity index (χ0v) is 15.6. The van der Waals surface area contributed by atoms with Crippen molar-refractivity contribution in [3.05, 3.63) is 53.1 Å². The Morgan fingerprint density at radius 3 is 2.24 bits per heavy atom. The Bertz CT molecular complexity index is 863. The number of carbonyl (C=O) groups excluding carboxylic acids is 1. The van der Waals surface area contributed by atoms with Gasteiger partial charge in [-0.1, -0.05) is 11.6 Å². The number of sulfonamides is 1. The van der Waals surface area contributed by atoms with Crippen LogP contribution in [0, 0.1) is 0 Å². The van der Waals surface area contributed by atoms with E-state index in [1.165, 1.54) is 32.3 Å². The van der Waals surface area contributed by atoms with E-state index in [9.17, 15) is 13.2 Å². The molecule has 0 aliphatic rings. The first kappa shape index (κ1) is 19.2. The normalized spacial score (nSPS) is 11.4. The summed E-state index contributed by atoms with van der Waals surface area (Å²) in [5.41, 5.74) is -0.0292. The smallest absolute Gasteiger partial charge is 0.345 e. The molecule has 25 heavy (non-hydrogen) atoms. The third-order valence-corrected chi connectivity index (χ3v) is 5.42. The second-order valence-corrected chi connectivity index (χ2v) is 7.78. The highest BCUT2D eigenvalue weighted by atomic mass is 35.5. The number of ether oxygens (including phenoxy) is 2. The molecular formula is C17H18ClNO5S. The van der Waals surface area contributed by atoms with Gasteiger partial charge in [0.2, 0.25) is 10.0 Å². The van der Waals surface area contributed by atoms with E-state index in [-0.39, 0.29) is 15.5 Å². The summed E-state index contributed by atoms with van der Waals surface area (Å²) in [5.74, 6) is 0.203. The lowest BCUT2D eigenvalue weighted by atomic mass is 10.2. The van der Waals surface area contributed by atoms with Crippen molar-refractivity contribution < 1.29 is 22.7 Å². The van der Waals surface area contributed by atoms with Gasteiger partial charge < -0.3 is 9.47 Å². The van der Waals surface area contributed by atoms with Gasteiger partial charge in [-0.25, -0.2) is 17.5 Å². The van der Waals surface area contributed by atoms with Gasteiger partial charge in [0.15, 0.2) is 0 Å². The molecule has 0 aliphatic heterocycles. The predicted octanol–water partition coefficient (Wildman–Crippen LogP) is 3.21. The molecule has 6 nitrogen and oxygen atoms in total. The molecule has 0 saturated carbocycles. The van der Waals surface area contributed by atoms with Gasteiger partial charge in [-0.05, 0) is 49.4 Å². The van der Waals surface area contributed by atoms with E-state index in [0.717, 1.165) is 4.31 Å². The first-order chi connectivity index (χ1) is 11.8. The molecule has 0 spiro atoms. The molecule has 0 N–H and O–H groups in total. The van der Waals surface area contributed by atoms with Crippen molar-refractivity contribution in [2.75, 3.05) is 20.7 Å². The van der Waals surface area contributed by atoms with Crippen molar-refractivity contribution >= 4 is 27.6 Å². The van der Waals surface area contributed by atoms with Crippen LogP contribution in [0.4, 0.5) is 0 Å². The Labute approximate surface area is 152 Å². The number of hydrogen-bond donors (Lipinski definition) is 0. The molecule has 0 aromatic heterocycles. The van der Waals surface area contributed by atoms with Gasteiger partial charge in [0.25, 0.3) is 0 Å². The molecule has 0 amide bonds. The van der Waals surface area contributed by atoms with Crippen LogP contribution in [-0.2, 0) is 10.0 Å². The maximum Gasteiger partial charge on any atom is 0.345 e. The van der Waals surface area contributed by atoms with Crippen molar-refractivity contribution in [1.29, 1.82) is 0 Å². The second-order valence-electron chi connectivity index (χ2n) is 5.22. The van der Waals surface area contributed by atoms with E-state index < -0.39 is 16.0 Å². The topological polar surface area (TPSA) is 72.9 Å². The molecule has 0 bridgehead atoms. The number of rotatable bonds is 6. The lowest BCUT2D eigenvalue weighted by Gasteiger charge is -2.13. The van der Waals surface area contributed by atoms with Crippen molar-refractivity contribution in [3.63, 3.8) is 0 Å². The van der Waals surface area contributed by atoms with Crippen molar-refractivity contribution in [2.45, 2.75) is 11.8 Å². The number of nitrogens with zero attached hydrogens (tertiary/aromatic N) is 1. The number of halogens is 1. The van der Waals surface area contributed by atoms with Crippen LogP contribution in [0.2, 0.25) is 5.02 Å². The van der Waals surface area contributed by atoms with Crippen LogP contribution in [0.5, 0.6) is 11.5 Å². The molecule has 8 heteroatoms. The highest BCUT2D eigenvalue weighted by Crippen LogP contribution is 2.24. The van der Waals surface area contributed by atoms with E-state index >= 15 is 0 Å². The van der Waals surface area contributed by atoms with Gasteiger partial charge >= 0.3 is 5.97 Å². The fourth-order valence-electron chi connectivity index (χ4n) is 1.96. The Balaban J connectivity index is 2.27. The standard InChI is InChI=1S/C17H18ClNO5S/c1-4-23-12-5-7-13(8-6-12)24-17(20)15-11-14(9-10-16(15)18)25(21,22)19(2)3/h5-11H,4H2,1-3H3. The average Bonchev–Trinajstić information content (AvgIpc) is 2.56. The lowest BCUT2D eigenvalue weighted by Crippen LogP contribution is -2.22. The molecule has 2 rings (SSSR count). The Morgan fingerprint density at radius 2 is 1.68 bits per heavy atom. The monoisotopic (exact) mass is 383 g/mol. The third kappa shape index (κ3) is 4.50. The van der Waals surface area contributed by atoms with Crippen LogP contribution in [-0.4, -0.2) is 39.4 Å². The molecule has 0 radical (unpaired) electrons. The lowest BCUT2D eigenvalue weighted by molar-refractivity contribution is 0.0734. The first-order valence-corrected chi connectivity index (χ1v) is 9.24. The molecule has 0 heterocycles. The summed E-state index contributed by atoms with van der Waals surface area (Å²) < 4.78 is 36.0. The minimum Gasteiger partial charge on any atom is -0.494 e. The highest BCUT2D eigenvalue weighted by Gasteiger charge is 2.21. The molecule has 134 valence electrons. The largest absolute Gasteiger partial charge is 0.494 e. The summed E-state index contributed by atoms with van der Waals surface area (Å²) in [5, 5.41) is 0.105. The summed E-state index contributed by atoms with van der Waals surface area (Å²) in [7, 11) is -0.875. The summed E-state index contributed by atoms with van der Waals surface area (Å²) in [6.07, 6.45) is 0. The molecule has 0 saturated heterocycles. The first-order valence-electron chi connectivity index (χ1n) is 7.43. The fraction of sp³-hybridized carbons (Fsp3) is 0.235. The molecule has 0 aliphatic carbocycles. The Kier molecular flexibility index (Phi) is 6.05. The van der Waals surface area contributed by atoms with Crippen molar-refractivity contribution in [3.8, 4) is 11.5 Å². The van der Waals surface area contributed by atoms with Gasteiger partial charge in [-0.15, -0.1) is 0 Å². The SMILES string of the molecule is CCOc1ccc(OC(=O)c2cc(S(=O)(=O)N(C)C)ccc2Cl)cc1. The quantitative estimate of drug-likeness (QED) is 0.565. The highest BCUT2D eigenvalue weighted by molar-refractivity contribution is 7.89. The minimum absolute atomic E-state index is 0.0292. The summed E-state index contributed by atoms with van der Waals surface area (Å²) in [6.45, 7) is 2.40. The van der Waals surface area contributed by atoms with Crippen LogP contribution >= 0.6 is 11.6 Å². The Hall–Kier alpha value is -2.09. The Morgan fingerprint density at radius 1 is 1.08 bits per heavy atom. The zero-order valence-electron chi connectivity index (χ0n) is 14.0. The van der Waals surface area contributed by atoms with E-state index in [2.05, 4.69) is 0 Å². The summed E-state index contributed by atoms with van der Waals surface area (Å²) in [6, 6.07) is 10.4. The number of benzene rings is 2. The third-order valence-electron chi connectivity index (χ3n) is 3.28. The molecular weight excluding hydrogens is 366 g/mol. The van der Waals surface area contributed by atoms with E-state index in [0.29, 0.717) is 18.1 Å². The summed E-state index contributed by atoms with van der Waals surface area (Å²) in [4.78, 5) is 12.3. The maximum atomic E-state index is 12.3. The van der Waals surface area contributed by atoms with Crippen LogP contribution in [0.1, 0.15) is 17.3 Å². The minimum atomic E-state index is -3.68. The molecule has 0 unspecified atom stereocenters. The van der Waals surface area contributed by atoms with E-state index in [4.69, 9.17) is 21.1 Å².